The van der Waals surface area contributed by atoms with Crippen molar-refractivity contribution < 1.29 is 14.7 Å². The van der Waals surface area contributed by atoms with E-state index in [2.05, 4.69) is 4.98 Å². The van der Waals surface area contributed by atoms with Crippen LogP contribution in [0, 0.1) is 0 Å². The number of nitrogens with one attached hydrogen (secondary N) is 1. The molecule has 1 aromatic heterocycles. The number of aromatic amines is 1. The number of phenols is 1. The molecule has 4 nitrogen and oxygen atoms in total. The number of aromatic nitrogens is 1. The number of rotatable bonds is 7. The van der Waals surface area contributed by atoms with E-state index in [4.69, 9.17) is 0 Å². The van der Waals surface area contributed by atoms with Gasteiger partial charge in [0.05, 0.1) is 6.42 Å². The summed E-state index contributed by atoms with van der Waals surface area (Å²) in [5.74, 6) is -0.443. The summed E-state index contributed by atoms with van der Waals surface area (Å²) in [5.41, 5.74) is 4.47. The van der Waals surface area contributed by atoms with Crippen LogP contribution in [0.5, 0.6) is 5.75 Å². The number of benzene rings is 3. The molecule has 3 aromatic carbocycles. The van der Waals surface area contributed by atoms with Gasteiger partial charge in [-0.3, -0.25) is 9.59 Å². The molecule has 4 heteroatoms. The molecular formula is C27H21NO3. The molecule has 0 radical (unpaired) electrons. The third-order valence-electron chi connectivity index (χ3n) is 4.96. The average Bonchev–Trinajstić information content (AvgIpc) is 3.25. The van der Waals surface area contributed by atoms with E-state index < -0.39 is 0 Å². The van der Waals surface area contributed by atoms with Crippen LogP contribution in [0.3, 0.4) is 0 Å². The van der Waals surface area contributed by atoms with Crippen LogP contribution in [-0.4, -0.2) is 21.7 Å². The van der Waals surface area contributed by atoms with E-state index >= 15 is 0 Å². The predicted molar refractivity (Wildman–Crippen MR) is 125 cm³/mol. The SMILES string of the molecule is O=C(C=Cc1ccc2cc[nH]c2c1)CC(=O)C=Cc1cc(O)ccc1-c1ccccc1. The number of phenolic OH excluding ortho intramolecular Hbond substituents is 1. The normalized spacial score (nSPS) is 11.5. The van der Waals surface area contributed by atoms with Crippen molar-refractivity contribution in [2.24, 2.45) is 0 Å². The van der Waals surface area contributed by atoms with Crippen LogP contribution >= 0.6 is 0 Å². The minimum absolute atomic E-state index is 0.116. The number of ketones is 2. The highest BCUT2D eigenvalue weighted by atomic mass is 16.3. The first kappa shape index (κ1) is 20.1. The van der Waals surface area contributed by atoms with Gasteiger partial charge in [0.15, 0.2) is 11.6 Å². The first-order valence-corrected chi connectivity index (χ1v) is 9.96. The zero-order valence-corrected chi connectivity index (χ0v) is 16.8. The minimum atomic E-state index is -0.295. The van der Waals surface area contributed by atoms with Crippen LogP contribution in [0.1, 0.15) is 17.5 Å². The van der Waals surface area contributed by atoms with E-state index in [0.29, 0.717) is 5.56 Å². The average molecular weight is 407 g/mol. The first-order valence-electron chi connectivity index (χ1n) is 9.96. The molecule has 4 rings (SSSR count). The number of H-pyrrole nitrogens is 1. The molecular weight excluding hydrogens is 386 g/mol. The van der Waals surface area contributed by atoms with E-state index in [1.165, 1.54) is 12.2 Å². The van der Waals surface area contributed by atoms with Gasteiger partial charge in [-0.05, 0) is 64.1 Å². The van der Waals surface area contributed by atoms with Gasteiger partial charge in [-0.1, -0.05) is 60.7 Å². The molecule has 0 saturated carbocycles. The maximum Gasteiger partial charge on any atom is 0.163 e. The second-order valence-corrected chi connectivity index (χ2v) is 7.24. The molecule has 0 fully saturated rings. The molecule has 2 N–H and O–H groups in total. The lowest BCUT2D eigenvalue weighted by Gasteiger charge is -2.07. The topological polar surface area (TPSA) is 70.2 Å². The summed E-state index contributed by atoms with van der Waals surface area (Å²) >= 11 is 0. The molecule has 0 aliphatic carbocycles. The second kappa shape index (κ2) is 9.09. The summed E-state index contributed by atoms with van der Waals surface area (Å²) in [5, 5.41) is 10.9. The fraction of sp³-hybridized carbons (Fsp3) is 0.0370. The zero-order valence-electron chi connectivity index (χ0n) is 16.8. The van der Waals surface area contributed by atoms with Crippen molar-refractivity contribution in [2.75, 3.05) is 0 Å². The van der Waals surface area contributed by atoms with Gasteiger partial charge in [0, 0.05) is 11.7 Å². The first-order chi connectivity index (χ1) is 15.1. The van der Waals surface area contributed by atoms with Crippen molar-refractivity contribution in [1.82, 2.24) is 4.98 Å². The molecule has 1 heterocycles. The molecule has 31 heavy (non-hydrogen) atoms. The molecule has 0 unspecified atom stereocenters. The summed E-state index contributed by atoms with van der Waals surface area (Å²) in [4.78, 5) is 27.6. The van der Waals surface area contributed by atoms with Gasteiger partial charge in [0.25, 0.3) is 0 Å². The number of carbonyl (C=O) groups is 2. The third-order valence-corrected chi connectivity index (χ3v) is 4.96. The van der Waals surface area contributed by atoms with Crippen LogP contribution < -0.4 is 0 Å². The van der Waals surface area contributed by atoms with E-state index in [1.807, 2.05) is 66.9 Å². The van der Waals surface area contributed by atoms with Gasteiger partial charge >= 0.3 is 0 Å². The molecule has 0 aliphatic rings. The van der Waals surface area contributed by atoms with Crippen molar-refractivity contribution in [2.45, 2.75) is 6.42 Å². The highest BCUT2D eigenvalue weighted by Gasteiger charge is 2.07. The fourth-order valence-electron chi connectivity index (χ4n) is 3.40. The third kappa shape index (κ3) is 5.06. The van der Waals surface area contributed by atoms with E-state index in [1.54, 1.807) is 24.3 Å². The van der Waals surface area contributed by atoms with Gasteiger partial charge in [0.2, 0.25) is 0 Å². The Hall–Kier alpha value is -4.18. The van der Waals surface area contributed by atoms with Crippen LogP contribution in [0.15, 0.2) is 91.1 Å². The molecule has 0 atom stereocenters. The van der Waals surface area contributed by atoms with Gasteiger partial charge in [-0.25, -0.2) is 0 Å². The number of hydrogen-bond donors (Lipinski definition) is 2. The Morgan fingerprint density at radius 2 is 1.61 bits per heavy atom. The van der Waals surface area contributed by atoms with Crippen molar-refractivity contribution in [3.05, 3.63) is 102 Å². The highest BCUT2D eigenvalue weighted by molar-refractivity contribution is 6.11. The Morgan fingerprint density at radius 1 is 0.839 bits per heavy atom. The summed E-state index contributed by atoms with van der Waals surface area (Å²) in [6.07, 6.45) is 7.82. The number of aromatic hydroxyl groups is 1. The molecule has 152 valence electrons. The Kier molecular flexibility index (Phi) is 5.90. The van der Waals surface area contributed by atoms with Gasteiger partial charge in [-0.15, -0.1) is 0 Å². The fourth-order valence-corrected chi connectivity index (χ4v) is 3.40. The highest BCUT2D eigenvalue weighted by Crippen LogP contribution is 2.28. The van der Waals surface area contributed by atoms with E-state index in [-0.39, 0.29) is 23.7 Å². The number of fused-ring (bicyclic) bond motifs is 1. The molecule has 0 saturated heterocycles. The van der Waals surface area contributed by atoms with Gasteiger partial charge in [0.1, 0.15) is 5.75 Å². The Labute approximate surface area is 180 Å². The van der Waals surface area contributed by atoms with Crippen molar-refractivity contribution >= 4 is 34.6 Å². The lowest BCUT2D eigenvalue weighted by molar-refractivity contribution is -0.121. The Balaban J connectivity index is 1.43. The lowest BCUT2D eigenvalue weighted by Crippen LogP contribution is -2.02. The maximum atomic E-state index is 12.3. The molecule has 0 amide bonds. The second-order valence-electron chi connectivity index (χ2n) is 7.24. The molecule has 0 bridgehead atoms. The number of carbonyl (C=O) groups excluding carboxylic acids is 2. The lowest BCUT2D eigenvalue weighted by atomic mass is 9.98. The van der Waals surface area contributed by atoms with Crippen LogP contribution in [-0.2, 0) is 9.59 Å². The summed E-state index contributed by atoms with van der Waals surface area (Å²) in [6, 6.07) is 22.6. The van der Waals surface area contributed by atoms with Crippen molar-refractivity contribution in [3.8, 4) is 16.9 Å². The summed E-state index contributed by atoms with van der Waals surface area (Å²) in [7, 11) is 0. The zero-order chi connectivity index (χ0) is 21.6. The van der Waals surface area contributed by atoms with E-state index in [0.717, 1.165) is 27.6 Å². The molecule has 0 aliphatic heterocycles. The van der Waals surface area contributed by atoms with Crippen LogP contribution in [0.25, 0.3) is 34.2 Å². The largest absolute Gasteiger partial charge is 0.508 e. The van der Waals surface area contributed by atoms with Gasteiger partial charge in [-0.2, -0.15) is 0 Å². The van der Waals surface area contributed by atoms with E-state index in [9.17, 15) is 14.7 Å². The smallest absolute Gasteiger partial charge is 0.163 e. The summed E-state index contributed by atoms with van der Waals surface area (Å²) < 4.78 is 0. The number of allylic oxidation sites excluding steroid dienone is 2. The minimum Gasteiger partial charge on any atom is -0.508 e. The molecule has 4 aromatic rings. The quantitative estimate of drug-likeness (QED) is 0.301. The number of hydrogen-bond acceptors (Lipinski definition) is 3. The van der Waals surface area contributed by atoms with Crippen molar-refractivity contribution in [3.63, 3.8) is 0 Å². The monoisotopic (exact) mass is 407 g/mol. The summed E-state index contributed by atoms with van der Waals surface area (Å²) in [6.45, 7) is 0. The van der Waals surface area contributed by atoms with Crippen LogP contribution in [0.2, 0.25) is 0 Å². The van der Waals surface area contributed by atoms with Gasteiger partial charge < -0.3 is 10.1 Å². The predicted octanol–water partition coefficient (Wildman–Crippen LogP) is 5.80. The standard InChI is InChI=1S/C27H21NO3/c29-23-12-13-26(20-4-2-1-3-5-20)22(17-23)9-11-25(31)18-24(30)10-7-19-6-8-21-14-15-28-27(21)16-19/h1-17,28-29H,18H2. The maximum absolute atomic E-state index is 12.3. The molecule has 0 spiro atoms. The Morgan fingerprint density at radius 3 is 2.42 bits per heavy atom. The van der Waals surface area contributed by atoms with Crippen LogP contribution in [0.4, 0.5) is 0 Å². The van der Waals surface area contributed by atoms with Crippen molar-refractivity contribution in [1.29, 1.82) is 0 Å². The Bertz CT molecular complexity index is 1300.